The van der Waals surface area contributed by atoms with Crippen molar-refractivity contribution in [2.45, 2.75) is 10.4 Å². The van der Waals surface area contributed by atoms with Gasteiger partial charge in [0.05, 0.1) is 12.1 Å². The number of carbonyl (C=O) groups is 1. The summed E-state index contributed by atoms with van der Waals surface area (Å²) in [7, 11) is -2.76. The molecule has 0 spiro atoms. The summed E-state index contributed by atoms with van der Waals surface area (Å²) in [4.78, 5) is 25.3. The van der Waals surface area contributed by atoms with Gasteiger partial charge in [-0.2, -0.15) is 17.5 Å². The fourth-order valence-corrected chi connectivity index (χ4v) is 4.11. The van der Waals surface area contributed by atoms with Crippen LogP contribution in [0.25, 0.3) is 0 Å². The molecule has 1 amide bonds. The lowest BCUT2D eigenvalue weighted by atomic mass is 10.2. The Bertz CT molecular complexity index is 921. The van der Waals surface area contributed by atoms with Crippen LogP contribution < -0.4 is 10.9 Å². The molecule has 2 N–H and O–H groups in total. The number of amides is 1. The number of sulfonamides is 1. The third-order valence-corrected chi connectivity index (χ3v) is 6.21. The number of H-pyrrole nitrogens is 1. The number of alkyl halides is 3. The van der Waals surface area contributed by atoms with Gasteiger partial charge in [0.2, 0.25) is 5.91 Å². The highest BCUT2D eigenvalue weighted by Crippen LogP contribution is 2.29. The van der Waals surface area contributed by atoms with E-state index in [1.807, 2.05) is 10.3 Å². The Kier molecular flexibility index (Phi) is 5.34. The fourth-order valence-electron chi connectivity index (χ4n) is 1.78. The number of nitrogens with zero attached hydrogens (tertiary/aromatic N) is 1. The molecule has 12 heteroatoms. The zero-order valence-electron chi connectivity index (χ0n) is 12.6. The Balaban J connectivity index is 2.14. The van der Waals surface area contributed by atoms with Crippen molar-refractivity contribution in [1.29, 1.82) is 0 Å². The highest BCUT2D eigenvalue weighted by Gasteiger charge is 2.31. The van der Waals surface area contributed by atoms with Crippen LogP contribution in [0.2, 0.25) is 0 Å². The average Bonchev–Trinajstić information content (AvgIpc) is 3.03. The second kappa shape index (κ2) is 6.98. The van der Waals surface area contributed by atoms with Crippen LogP contribution in [0.4, 0.5) is 18.9 Å². The molecule has 2 aromatic heterocycles. The number of hydrogen-bond donors (Lipinski definition) is 2. The minimum atomic E-state index is -4.71. The van der Waals surface area contributed by atoms with Crippen molar-refractivity contribution in [2.75, 3.05) is 18.9 Å². The molecule has 2 heterocycles. The van der Waals surface area contributed by atoms with E-state index >= 15 is 0 Å². The first-order chi connectivity index (χ1) is 11.5. The number of thiophene rings is 1. The maximum atomic E-state index is 12.6. The number of halogens is 3. The van der Waals surface area contributed by atoms with Crippen LogP contribution in [0.1, 0.15) is 5.56 Å². The highest BCUT2D eigenvalue weighted by molar-refractivity contribution is 7.91. The molecular weight excluding hydrogens is 383 g/mol. The Morgan fingerprint density at radius 2 is 2.08 bits per heavy atom. The van der Waals surface area contributed by atoms with Gasteiger partial charge >= 0.3 is 6.18 Å². The van der Waals surface area contributed by atoms with Crippen LogP contribution >= 0.6 is 11.3 Å². The van der Waals surface area contributed by atoms with Crippen LogP contribution in [0, 0.1) is 0 Å². The van der Waals surface area contributed by atoms with E-state index in [0.717, 1.165) is 22.7 Å². The van der Waals surface area contributed by atoms with Gasteiger partial charge in [-0.05, 0) is 17.5 Å². The molecule has 0 aliphatic heterocycles. The summed E-state index contributed by atoms with van der Waals surface area (Å²) in [6, 6.07) is 3.35. The van der Waals surface area contributed by atoms with Crippen molar-refractivity contribution in [2.24, 2.45) is 0 Å². The molecule has 2 aromatic rings. The number of hydrogen-bond acceptors (Lipinski definition) is 5. The smallest absolute Gasteiger partial charge is 0.327 e. The molecule has 0 saturated carbocycles. The van der Waals surface area contributed by atoms with E-state index in [1.165, 1.54) is 12.1 Å². The van der Waals surface area contributed by atoms with E-state index in [0.29, 0.717) is 12.3 Å². The first-order valence-electron chi connectivity index (χ1n) is 6.61. The summed E-state index contributed by atoms with van der Waals surface area (Å²) in [5, 5.41) is 3.53. The monoisotopic (exact) mass is 395 g/mol. The normalized spacial score (nSPS) is 12.4. The van der Waals surface area contributed by atoms with Crippen molar-refractivity contribution in [3.63, 3.8) is 0 Å². The van der Waals surface area contributed by atoms with Crippen LogP contribution in [-0.2, 0) is 21.0 Å². The topological polar surface area (TPSA) is 99.3 Å². The number of anilines is 1. The van der Waals surface area contributed by atoms with Crippen molar-refractivity contribution in [3.05, 3.63) is 45.7 Å². The van der Waals surface area contributed by atoms with Gasteiger partial charge in [0.15, 0.2) is 0 Å². The molecule has 0 saturated heterocycles. The average molecular weight is 395 g/mol. The Morgan fingerprint density at radius 1 is 1.40 bits per heavy atom. The molecule has 0 aliphatic rings. The van der Waals surface area contributed by atoms with E-state index in [-0.39, 0.29) is 4.21 Å². The summed E-state index contributed by atoms with van der Waals surface area (Å²) in [5.41, 5.74) is -2.71. The standard InChI is InChI=1S/C13H12F3N3O4S2/c1-19(25(22,23)11-3-2-4-24-11)7-10(20)18-9-5-8(13(14,15)16)6-17-12(9)21/h2-6H,7H2,1H3,(H,17,21)(H,18,20). The summed E-state index contributed by atoms with van der Waals surface area (Å²) >= 11 is 0.955. The lowest BCUT2D eigenvalue weighted by molar-refractivity contribution is -0.137. The molecular formula is C13H12F3N3O4S2. The van der Waals surface area contributed by atoms with E-state index < -0.39 is 45.5 Å². The third-order valence-electron chi connectivity index (χ3n) is 3.03. The number of aromatic nitrogens is 1. The second-order valence-electron chi connectivity index (χ2n) is 4.87. The number of rotatable bonds is 5. The zero-order chi connectivity index (χ0) is 18.8. The number of pyridine rings is 1. The van der Waals surface area contributed by atoms with Gasteiger partial charge in [0.1, 0.15) is 9.90 Å². The molecule has 0 radical (unpaired) electrons. The summed E-state index contributed by atoms with van der Waals surface area (Å²) in [6.07, 6.45) is -4.23. The van der Waals surface area contributed by atoms with Gasteiger partial charge in [0, 0.05) is 13.2 Å². The molecule has 2 rings (SSSR count). The predicted octanol–water partition coefficient (Wildman–Crippen LogP) is 1.71. The van der Waals surface area contributed by atoms with E-state index in [4.69, 9.17) is 0 Å². The Labute approximate surface area is 144 Å². The molecule has 0 atom stereocenters. The van der Waals surface area contributed by atoms with Crippen molar-refractivity contribution in [1.82, 2.24) is 9.29 Å². The summed E-state index contributed by atoms with van der Waals surface area (Å²) in [6.45, 7) is -0.671. The first kappa shape index (κ1) is 19.1. The molecule has 0 bridgehead atoms. The van der Waals surface area contributed by atoms with E-state index in [2.05, 4.69) is 0 Å². The quantitative estimate of drug-likeness (QED) is 0.805. The lowest BCUT2D eigenvalue weighted by Crippen LogP contribution is -2.35. The second-order valence-corrected chi connectivity index (χ2v) is 8.09. The molecule has 25 heavy (non-hydrogen) atoms. The van der Waals surface area contributed by atoms with Crippen LogP contribution in [-0.4, -0.2) is 37.2 Å². The Hall–Kier alpha value is -2.18. The largest absolute Gasteiger partial charge is 0.417 e. The lowest BCUT2D eigenvalue weighted by Gasteiger charge is -2.15. The molecule has 0 unspecified atom stereocenters. The SMILES string of the molecule is CN(CC(=O)Nc1cc(C(F)(F)F)c[nH]c1=O)S(=O)(=O)c1cccs1. The summed E-state index contributed by atoms with van der Waals surface area (Å²) < 4.78 is 63.0. The van der Waals surface area contributed by atoms with Gasteiger partial charge in [0.25, 0.3) is 15.6 Å². The maximum Gasteiger partial charge on any atom is 0.417 e. The predicted molar refractivity (Wildman–Crippen MR) is 84.8 cm³/mol. The minimum absolute atomic E-state index is 0.0136. The van der Waals surface area contributed by atoms with Crippen LogP contribution in [0.15, 0.2) is 38.8 Å². The zero-order valence-corrected chi connectivity index (χ0v) is 14.3. The van der Waals surface area contributed by atoms with Crippen LogP contribution in [0.3, 0.4) is 0 Å². The Morgan fingerprint density at radius 3 is 2.64 bits per heavy atom. The van der Waals surface area contributed by atoms with Crippen molar-refractivity contribution >= 4 is 33.0 Å². The minimum Gasteiger partial charge on any atom is -0.327 e. The van der Waals surface area contributed by atoms with Gasteiger partial charge in [-0.25, -0.2) is 8.42 Å². The first-order valence-corrected chi connectivity index (χ1v) is 8.93. The highest BCUT2D eigenvalue weighted by atomic mass is 32.2. The van der Waals surface area contributed by atoms with Gasteiger partial charge in [-0.15, -0.1) is 11.3 Å². The van der Waals surface area contributed by atoms with E-state index in [1.54, 1.807) is 5.38 Å². The maximum absolute atomic E-state index is 12.6. The van der Waals surface area contributed by atoms with Crippen molar-refractivity contribution < 1.29 is 26.4 Å². The number of aromatic amines is 1. The third kappa shape index (κ3) is 4.46. The number of nitrogens with one attached hydrogen (secondary N) is 2. The van der Waals surface area contributed by atoms with Gasteiger partial charge in [-0.1, -0.05) is 6.07 Å². The molecule has 0 aliphatic carbocycles. The van der Waals surface area contributed by atoms with Gasteiger partial charge < -0.3 is 10.3 Å². The van der Waals surface area contributed by atoms with Crippen molar-refractivity contribution in [3.8, 4) is 0 Å². The van der Waals surface area contributed by atoms with E-state index in [9.17, 15) is 31.2 Å². The van der Waals surface area contributed by atoms with Gasteiger partial charge in [-0.3, -0.25) is 9.59 Å². The van der Waals surface area contributed by atoms with Crippen LogP contribution in [0.5, 0.6) is 0 Å². The molecule has 0 aromatic carbocycles. The molecule has 7 nitrogen and oxygen atoms in total. The number of carbonyl (C=O) groups excluding carboxylic acids is 1. The molecule has 136 valence electrons. The molecule has 0 fully saturated rings. The fraction of sp³-hybridized carbons (Fsp3) is 0.231. The summed E-state index contributed by atoms with van der Waals surface area (Å²) in [5.74, 6) is -0.951. The number of likely N-dealkylation sites (N-methyl/N-ethyl adjacent to an activating group) is 1.